The van der Waals surface area contributed by atoms with Crippen LogP contribution in [0.2, 0.25) is 0 Å². The number of unbranched alkanes of at least 4 members (excludes halogenated alkanes) is 1. The van der Waals surface area contributed by atoms with Crippen molar-refractivity contribution >= 4 is 56.7 Å². The van der Waals surface area contributed by atoms with E-state index in [0.29, 0.717) is 0 Å². The van der Waals surface area contributed by atoms with Gasteiger partial charge in [0.2, 0.25) is 0 Å². The third-order valence-electron chi connectivity index (χ3n) is 2.64. The minimum absolute atomic E-state index is 0.157. The minimum atomic E-state index is 0.157. The summed E-state index contributed by atoms with van der Waals surface area (Å²) in [6, 6.07) is 8.17. The van der Waals surface area contributed by atoms with Crippen LogP contribution in [-0.2, 0) is 0 Å². The van der Waals surface area contributed by atoms with Gasteiger partial charge in [0.15, 0.2) is 4.34 Å². The number of hydrogen-bond acceptors (Lipinski definition) is 4. The number of nitrogens with zero attached hydrogens (tertiary/aromatic N) is 1. The minimum Gasteiger partial charge on any atom is -0.256 e. The Hall–Kier alpha value is -0.000000000000000194. The lowest BCUT2D eigenvalue weighted by Crippen LogP contribution is -2.17. The zero-order chi connectivity index (χ0) is 13.5. The van der Waals surface area contributed by atoms with Crippen LogP contribution in [0.25, 0.3) is 10.2 Å². The quantitative estimate of drug-likeness (QED) is 0.421. The molecule has 1 unspecified atom stereocenters. The number of para-hydroxylation sites is 1. The van der Waals surface area contributed by atoms with Crippen molar-refractivity contribution in [2.45, 2.75) is 29.0 Å². The first-order valence-corrected chi connectivity index (χ1v) is 8.85. The monoisotopic (exact) mass is 334 g/mol. The Morgan fingerprint density at radius 2 is 2.16 bits per heavy atom. The van der Waals surface area contributed by atoms with Gasteiger partial charge in [-0.25, -0.2) is 4.98 Å². The lowest BCUT2D eigenvalue weighted by molar-refractivity contribution is 0.672. The highest BCUT2D eigenvalue weighted by Crippen LogP contribution is 2.27. The average molecular weight is 335 g/mol. The molecule has 0 saturated heterocycles. The standard InChI is InChI=1S/C13H16Cl2N2S2/c14-8-4-3-5-10(15)9-16-19-13-17-11-6-1-2-7-12(11)18-13/h1-2,6-7,10,16H,3-5,8-9H2. The normalized spacial score (nSPS) is 12.9. The Labute approximate surface area is 132 Å². The van der Waals surface area contributed by atoms with Crippen LogP contribution in [-0.4, -0.2) is 22.8 Å². The Morgan fingerprint density at radius 1 is 1.32 bits per heavy atom. The zero-order valence-corrected chi connectivity index (χ0v) is 13.6. The van der Waals surface area contributed by atoms with Crippen molar-refractivity contribution in [2.24, 2.45) is 0 Å². The molecular weight excluding hydrogens is 319 g/mol. The molecule has 0 saturated carbocycles. The molecule has 0 aliphatic carbocycles. The first kappa shape index (κ1) is 15.4. The van der Waals surface area contributed by atoms with E-state index in [1.54, 1.807) is 23.3 Å². The molecule has 0 spiro atoms. The molecule has 0 fully saturated rings. The summed E-state index contributed by atoms with van der Waals surface area (Å²) >= 11 is 15.1. The van der Waals surface area contributed by atoms with Crippen LogP contribution < -0.4 is 4.72 Å². The number of rotatable bonds is 8. The highest BCUT2D eigenvalue weighted by atomic mass is 35.5. The Kier molecular flexibility index (Phi) is 6.74. The third kappa shape index (κ3) is 5.12. The van der Waals surface area contributed by atoms with Crippen LogP contribution in [0.1, 0.15) is 19.3 Å². The number of benzene rings is 1. The maximum absolute atomic E-state index is 6.23. The lowest BCUT2D eigenvalue weighted by Gasteiger charge is -2.08. The van der Waals surface area contributed by atoms with Crippen molar-refractivity contribution in [3.8, 4) is 0 Å². The van der Waals surface area contributed by atoms with Gasteiger partial charge in [0.1, 0.15) is 0 Å². The molecule has 1 heterocycles. The fourth-order valence-electron chi connectivity index (χ4n) is 1.65. The Bertz CT molecular complexity index is 471. The molecule has 19 heavy (non-hydrogen) atoms. The second-order valence-electron chi connectivity index (χ2n) is 4.18. The Morgan fingerprint density at radius 3 is 2.95 bits per heavy atom. The molecule has 0 aliphatic heterocycles. The summed E-state index contributed by atoms with van der Waals surface area (Å²) in [4.78, 5) is 4.54. The number of alkyl halides is 2. The summed E-state index contributed by atoms with van der Waals surface area (Å²) in [5.41, 5.74) is 1.06. The summed E-state index contributed by atoms with van der Waals surface area (Å²) in [6.07, 6.45) is 3.13. The number of fused-ring (bicyclic) bond motifs is 1. The maximum Gasteiger partial charge on any atom is 0.166 e. The van der Waals surface area contributed by atoms with Gasteiger partial charge in [-0.05, 0) is 36.9 Å². The highest BCUT2D eigenvalue weighted by Gasteiger charge is 2.06. The van der Waals surface area contributed by atoms with Crippen molar-refractivity contribution in [2.75, 3.05) is 12.4 Å². The van der Waals surface area contributed by atoms with E-state index in [1.807, 2.05) is 18.2 Å². The fraction of sp³-hybridized carbons (Fsp3) is 0.462. The summed E-state index contributed by atoms with van der Waals surface area (Å²) in [5, 5.41) is 0.157. The van der Waals surface area contributed by atoms with Crippen molar-refractivity contribution < 1.29 is 0 Å². The van der Waals surface area contributed by atoms with Crippen LogP contribution in [0.15, 0.2) is 28.6 Å². The van der Waals surface area contributed by atoms with Crippen molar-refractivity contribution in [3.63, 3.8) is 0 Å². The van der Waals surface area contributed by atoms with Gasteiger partial charge in [0, 0.05) is 17.8 Å². The molecule has 0 bridgehead atoms. The van der Waals surface area contributed by atoms with E-state index in [-0.39, 0.29) is 5.38 Å². The molecule has 0 radical (unpaired) electrons. The summed E-state index contributed by atoms with van der Waals surface area (Å²) in [7, 11) is 0. The van der Waals surface area contributed by atoms with Gasteiger partial charge in [-0.1, -0.05) is 18.6 Å². The molecule has 2 nitrogen and oxygen atoms in total. The molecule has 2 aromatic rings. The SMILES string of the molecule is ClCCCCC(Cl)CNSc1nc2ccccc2s1. The molecule has 1 aromatic heterocycles. The molecule has 104 valence electrons. The maximum atomic E-state index is 6.23. The number of hydrogen-bond donors (Lipinski definition) is 1. The summed E-state index contributed by atoms with van der Waals surface area (Å²) < 4.78 is 5.54. The van der Waals surface area contributed by atoms with E-state index in [4.69, 9.17) is 23.2 Å². The number of halogens is 2. The number of aromatic nitrogens is 1. The molecule has 1 N–H and O–H groups in total. The molecule has 0 amide bonds. The first-order valence-electron chi connectivity index (χ1n) is 6.25. The van der Waals surface area contributed by atoms with Gasteiger partial charge in [-0.3, -0.25) is 4.72 Å². The van der Waals surface area contributed by atoms with Gasteiger partial charge in [0.05, 0.1) is 10.2 Å². The van der Waals surface area contributed by atoms with Crippen LogP contribution in [0, 0.1) is 0 Å². The van der Waals surface area contributed by atoms with Gasteiger partial charge in [0.25, 0.3) is 0 Å². The van der Waals surface area contributed by atoms with Gasteiger partial charge in [-0.2, -0.15) is 0 Å². The van der Waals surface area contributed by atoms with Crippen LogP contribution in [0.4, 0.5) is 0 Å². The highest BCUT2D eigenvalue weighted by molar-refractivity contribution is 7.99. The summed E-state index contributed by atoms with van der Waals surface area (Å²) in [5.74, 6) is 0.720. The van der Waals surface area contributed by atoms with E-state index in [1.165, 1.54) is 4.70 Å². The van der Waals surface area contributed by atoms with Crippen LogP contribution in [0.5, 0.6) is 0 Å². The predicted molar refractivity (Wildman–Crippen MR) is 87.7 cm³/mol. The average Bonchev–Trinajstić information content (AvgIpc) is 2.81. The fourth-order valence-corrected chi connectivity index (χ4v) is 4.02. The molecule has 1 aromatic carbocycles. The van der Waals surface area contributed by atoms with Crippen molar-refractivity contribution in [1.29, 1.82) is 0 Å². The second kappa shape index (κ2) is 8.32. The van der Waals surface area contributed by atoms with Gasteiger partial charge in [-0.15, -0.1) is 34.5 Å². The largest absolute Gasteiger partial charge is 0.256 e. The van der Waals surface area contributed by atoms with Crippen LogP contribution >= 0.6 is 46.5 Å². The molecule has 6 heteroatoms. The zero-order valence-electron chi connectivity index (χ0n) is 10.4. The van der Waals surface area contributed by atoms with E-state index < -0.39 is 0 Å². The van der Waals surface area contributed by atoms with E-state index in [0.717, 1.165) is 41.5 Å². The molecule has 2 rings (SSSR count). The van der Waals surface area contributed by atoms with Gasteiger partial charge >= 0.3 is 0 Å². The smallest absolute Gasteiger partial charge is 0.166 e. The lowest BCUT2D eigenvalue weighted by atomic mass is 10.2. The molecule has 0 aliphatic rings. The summed E-state index contributed by atoms with van der Waals surface area (Å²) in [6.45, 7) is 0.782. The number of nitrogens with one attached hydrogen (secondary N) is 1. The predicted octanol–water partition coefficient (Wildman–Crippen LogP) is 4.91. The topological polar surface area (TPSA) is 24.9 Å². The van der Waals surface area contributed by atoms with E-state index in [9.17, 15) is 0 Å². The van der Waals surface area contributed by atoms with Crippen molar-refractivity contribution in [1.82, 2.24) is 9.71 Å². The molecule has 1 atom stereocenters. The molecular formula is C13H16Cl2N2S2. The van der Waals surface area contributed by atoms with E-state index >= 15 is 0 Å². The third-order valence-corrected chi connectivity index (χ3v) is 5.19. The van der Waals surface area contributed by atoms with Crippen LogP contribution in [0.3, 0.4) is 0 Å². The Balaban J connectivity index is 1.73. The number of thiazole rings is 1. The first-order chi connectivity index (χ1) is 9.29. The second-order valence-corrected chi connectivity index (χ2v) is 7.34. The van der Waals surface area contributed by atoms with E-state index in [2.05, 4.69) is 15.8 Å². The van der Waals surface area contributed by atoms with Crippen molar-refractivity contribution in [3.05, 3.63) is 24.3 Å². The van der Waals surface area contributed by atoms with Gasteiger partial charge < -0.3 is 0 Å².